The third-order valence-electron chi connectivity index (χ3n) is 9.81. The van der Waals surface area contributed by atoms with Crippen LogP contribution in [-0.2, 0) is 64.5 Å². The number of hydroxylamine groups is 2. The van der Waals surface area contributed by atoms with Crippen molar-refractivity contribution in [1.82, 2.24) is 10.4 Å². The molecule has 5 atom stereocenters. The third kappa shape index (κ3) is 10.3. The Kier molecular flexibility index (Phi) is 13.3. The van der Waals surface area contributed by atoms with Gasteiger partial charge in [0.15, 0.2) is 6.23 Å². The van der Waals surface area contributed by atoms with Gasteiger partial charge < -0.3 is 33.8 Å². The van der Waals surface area contributed by atoms with Gasteiger partial charge in [-0.05, 0) is 49.9 Å². The minimum atomic E-state index is -0.985. The van der Waals surface area contributed by atoms with E-state index in [1.54, 1.807) is 5.06 Å². The van der Waals surface area contributed by atoms with E-state index in [1.807, 2.05) is 155 Å². The average Bonchev–Trinajstić information content (AvgIpc) is 3.37. The van der Waals surface area contributed by atoms with Crippen molar-refractivity contribution in [2.75, 3.05) is 6.61 Å². The number of rotatable bonds is 16. The number of nitrogens with one attached hydrogen (secondary N) is 1. The van der Waals surface area contributed by atoms with Crippen LogP contribution in [0.4, 0.5) is 0 Å². The van der Waals surface area contributed by atoms with Gasteiger partial charge in [-0.1, -0.05) is 127 Å². The molecular formula is C45H52N2O8. The van der Waals surface area contributed by atoms with Gasteiger partial charge in [0.1, 0.15) is 24.4 Å². The summed E-state index contributed by atoms with van der Waals surface area (Å²) < 4.78 is 33.4. The molecule has 290 valence electrons. The highest BCUT2D eigenvalue weighted by Gasteiger charge is 2.53. The summed E-state index contributed by atoms with van der Waals surface area (Å²) in [6.07, 6.45) is -2.02. The lowest BCUT2D eigenvalue weighted by Crippen LogP contribution is -2.65. The zero-order valence-corrected chi connectivity index (χ0v) is 32.3. The molecule has 0 saturated carbocycles. The van der Waals surface area contributed by atoms with Gasteiger partial charge in [0.25, 0.3) is 5.91 Å². The highest BCUT2D eigenvalue weighted by molar-refractivity contribution is 5.96. The number of hydrogen-bond donors (Lipinski definition) is 1. The molecule has 1 N–H and O–H groups in total. The van der Waals surface area contributed by atoms with E-state index < -0.39 is 47.7 Å². The summed E-state index contributed by atoms with van der Waals surface area (Å²) in [5.41, 5.74) is 2.62. The summed E-state index contributed by atoms with van der Waals surface area (Å²) in [6, 6.07) is 39.6. The first-order valence-corrected chi connectivity index (χ1v) is 18.8. The molecule has 0 unspecified atom stereocenters. The number of ether oxygens (including phenoxy) is 5. The van der Waals surface area contributed by atoms with E-state index in [0.717, 1.165) is 22.3 Å². The van der Waals surface area contributed by atoms with E-state index in [4.69, 9.17) is 28.5 Å². The molecule has 2 aliphatic rings. The van der Waals surface area contributed by atoms with Crippen LogP contribution in [0.25, 0.3) is 0 Å². The lowest BCUT2D eigenvalue weighted by molar-refractivity contribution is -0.277. The van der Waals surface area contributed by atoms with Crippen molar-refractivity contribution in [2.24, 2.45) is 0 Å². The van der Waals surface area contributed by atoms with Gasteiger partial charge in [0.05, 0.1) is 44.1 Å². The van der Waals surface area contributed by atoms with E-state index in [2.05, 4.69) is 5.32 Å². The number of carbonyl (C=O) groups excluding carboxylic acids is 2. The molecule has 1 fully saturated rings. The minimum Gasteiger partial charge on any atom is -0.374 e. The quantitative estimate of drug-likeness (QED) is 0.129. The molecule has 0 aromatic heterocycles. The van der Waals surface area contributed by atoms with E-state index in [9.17, 15) is 9.59 Å². The van der Waals surface area contributed by atoms with Crippen LogP contribution in [0, 0.1) is 0 Å². The molecule has 0 aliphatic carbocycles. The number of hydrogen-bond acceptors (Lipinski definition) is 9. The summed E-state index contributed by atoms with van der Waals surface area (Å²) in [4.78, 5) is 32.2. The number of amides is 1. The highest BCUT2D eigenvalue weighted by Crippen LogP contribution is 2.41. The van der Waals surface area contributed by atoms with Crippen molar-refractivity contribution in [1.29, 1.82) is 0 Å². The molecule has 4 aromatic rings. The molecule has 55 heavy (non-hydrogen) atoms. The molecule has 1 saturated heterocycles. The second kappa shape index (κ2) is 18.3. The number of benzene rings is 4. The molecule has 2 aliphatic heterocycles. The van der Waals surface area contributed by atoms with Crippen LogP contribution >= 0.6 is 0 Å². The topological polar surface area (TPSA) is 105 Å². The predicted molar refractivity (Wildman–Crippen MR) is 208 cm³/mol. The number of nitrogens with zero attached hydrogens (tertiary/aromatic N) is 1. The van der Waals surface area contributed by atoms with Gasteiger partial charge >= 0.3 is 5.97 Å². The zero-order chi connectivity index (χ0) is 38.8. The Morgan fingerprint density at radius 2 is 1.07 bits per heavy atom. The molecule has 1 amide bonds. The van der Waals surface area contributed by atoms with Crippen molar-refractivity contribution < 1.29 is 38.1 Å². The maximum atomic E-state index is 14.5. The first-order valence-electron chi connectivity index (χ1n) is 18.8. The Morgan fingerprint density at radius 3 is 1.55 bits per heavy atom. The summed E-state index contributed by atoms with van der Waals surface area (Å²) in [6.45, 7) is 10.1. The molecule has 0 radical (unpaired) electrons. The number of carbonyl (C=O) groups is 2. The predicted octanol–water partition coefficient (Wildman–Crippen LogP) is 7.08. The fourth-order valence-electron chi connectivity index (χ4n) is 7.23. The van der Waals surface area contributed by atoms with Crippen molar-refractivity contribution in [2.45, 2.75) is 103 Å². The third-order valence-corrected chi connectivity index (χ3v) is 9.81. The molecule has 10 nitrogen and oxygen atoms in total. The molecule has 4 aromatic carbocycles. The lowest BCUT2D eigenvalue weighted by atomic mass is 9.94. The van der Waals surface area contributed by atoms with Crippen LogP contribution in [0.5, 0.6) is 0 Å². The normalized spacial score (nSPS) is 23.1. The molecule has 0 bridgehead atoms. The van der Waals surface area contributed by atoms with Gasteiger partial charge in [-0.2, -0.15) is 0 Å². The summed E-state index contributed by atoms with van der Waals surface area (Å²) >= 11 is 0. The van der Waals surface area contributed by atoms with Gasteiger partial charge in [0, 0.05) is 12.5 Å². The van der Waals surface area contributed by atoms with Crippen LogP contribution in [0.3, 0.4) is 0 Å². The van der Waals surface area contributed by atoms with Crippen LogP contribution in [0.2, 0.25) is 0 Å². The van der Waals surface area contributed by atoms with Crippen molar-refractivity contribution in [3.05, 3.63) is 155 Å². The lowest BCUT2D eigenvalue weighted by Gasteiger charge is -2.46. The molecule has 2 heterocycles. The van der Waals surface area contributed by atoms with Gasteiger partial charge in [-0.3, -0.25) is 9.59 Å². The van der Waals surface area contributed by atoms with Gasteiger partial charge in [-0.15, -0.1) is 5.06 Å². The molecular weight excluding hydrogens is 697 g/mol. The maximum Gasteiger partial charge on any atom is 0.322 e. The standard InChI is InChI=1S/C45H52N2O8/c1-32(48)55-47-44(2,3)26-37(45(47,4)5)42(49)46-43-41(53-30-36-24-16-9-17-25-36)40(52-29-35-22-14-8-15-23-35)39(51-28-34-20-12-7-13-21-34)38(54-43)31-50-27-33-18-10-6-11-19-33/h6-26,38-41,43H,27-31H2,1-5H3,(H,46,49)/t38-,39-,40+,41-,43-/m1/s1. The Balaban J connectivity index is 1.35. The van der Waals surface area contributed by atoms with E-state index in [-0.39, 0.29) is 25.7 Å². The van der Waals surface area contributed by atoms with E-state index in [0.29, 0.717) is 18.8 Å². The summed E-state index contributed by atoms with van der Waals surface area (Å²) in [5.74, 6) is -0.861. The van der Waals surface area contributed by atoms with Crippen molar-refractivity contribution in [3.8, 4) is 0 Å². The second-order valence-electron chi connectivity index (χ2n) is 15.0. The van der Waals surface area contributed by atoms with Crippen LogP contribution < -0.4 is 5.32 Å². The van der Waals surface area contributed by atoms with Gasteiger partial charge in [0.2, 0.25) is 0 Å². The Hall–Kier alpha value is -4.68. The Labute approximate surface area is 324 Å². The summed E-state index contributed by atoms with van der Waals surface area (Å²) in [7, 11) is 0. The molecule has 0 spiro atoms. The van der Waals surface area contributed by atoms with Gasteiger partial charge in [-0.25, -0.2) is 0 Å². The molecule has 6 rings (SSSR count). The maximum absolute atomic E-state index is 14.5. The van der Waals surface area contributed by atoms with E-state index in [1.165, 1.54) is 6.92 Å². The average molecular weight is 749 g/mol. The summed E-state index contributed by atoms with van der Waals surface area (Å²) in [5, 5.41) is 4.72. The fraction of sp³-hybridized carbons (Fsp3) is 0.378. The largest absolute Gasteiger partial charge is 0.374 e. The Morgan fingerprint density at radius 1 is 0.636 bits per heavy atom. The van der Waals surface area contributed by atoms with Crippen LogP contribution in [0.1, 0.15) is 56.9 Å². The highest BCUT2D eigenvalue weighted by atomic mass is 16.7. The SMILES string of the molecule is CC(=O)ON1C(C)(C)C=C(C(=O)N[C@@H]2O[C@H](COCc3ccccc3)[C@@H](OCc3ccccc3)[C@H](OCc3ccccc3)[C@H]2OCc2ccccc2)C1(C)C. The Bertz CT molecular complexity index is 1850. The van der Waals surface area contributed by atoms with Crippen molar-refractivity contribution in [3.63, 3.8) is 0 Å². The van der Waals surface area contributed by atoms with E-state index >= 15 is 0 Å². The van der Waals surface area contributed by atoms with Crippen LogP contribution in [0.15, 0.2) is 133 Å². The first-order chi connectivity index (χ1) is 26.5. The molecule has 10 heteroatoms. The minimum absolute atomic E-state index is 0.152. The first kappa shape index (κ1) is 40.0. The fourth-order valence-corrected chi connectivity index (χ4v) is 7.23. The monoisotopic (exact) mass is 748 g/mol. The smallest absolute Gasteiger partial charge is 0.322 e. The van der Waals surface area contributed by atoms with Crippen LogP contribution in [-0.4, -0.2) is 65.3 Å². The zero-order valence-electron chi connectivity index (χ0n) is 32.3. The van der Waals surface area contributed by atoms with Crippen molar-refractivity contribution >= 4 is 11.9 Å². The second-order valence-corrected chi connectivity index (χ2v) is 15.0.